The maximum absolute atomic E-state index is 13.4. The number of aromatic nitrogens is 2. The molecule has 0 aliphatic heterocycles. The molecule has 7 atom stereocenters. The molecule has 0 saturated heterocycles. The Bertz CT molecular complexity index is 1080. The standard InChI is InChI=1S/C26H44N8O8/c1-7-13(4)20(33-23(38)19(12(2)3)32-22(37)14(5)30-18(36)9-27)24(39)34-21(15(6)35)25(40)31-17(26(41)42)8-16-10-28-11-29-16/h10-15,17,19-21,35H,7-9,27H2,1-6H3,(H,28,29)(H,30,36)(H,31,40)(H,32,37)(H,33,38)(H,34,39)(H,41,42)/t13-,14-,15+,17-,19-,20-,21-/m0/s1. The van der Waals surface area contributed by atoms with Crippen molar-refractivity contribution in [2.24, 2.45) is 17.6 Å². The number of carbonyl (C=O) groups excluding carboxylic acids is 5. The molecule has 10 N–H and O–H groups in total. The summed E-state index contributed by atoms with van der Waals surface area (Å²) in [6, 6.07) is -6.16. The van der Waals surface area contributed by atoms with Gasteiger partial charge in [-0.3, -0.25) is 24.0 Å². The molecule has 0 aliphatic carbocycles. The third kappa shape index (κ3) is 11.1. The Balaban J connectivity index is 3.06. The second-order valence-electron chi connectivity index (χ2n) is 10.5. The number of carboxylic acids is 1. The molecule has 1 heterocycles. The molecule has 0 fully saturated rings. The van der Waals surface area contributed by atoms with Gasteiger partial charge in [-0.05, 0) is 25.7 Å². The molecule has 42 heavy (non-hydrogen) atoms. The highest BCUT2D eigenvalue weighted by Gasteiger charge is 2.36. The summed E-state index contributed by atoms with van der Waals surface area (Å²) in [5.74, 6) is -5.79. The largest absolute Gasteiger partial charge is 0.480 e. The molecule has 1 aromatic heterocycles. The SMILES string of the molecule is CC[C@H](C)[C@H](NC(=O)[C@@H](NC(=O)[C@H](C)NC(=O)CN)C(C)C)C(=O)N[C@H](C(=O)N[C@@H](Cc1cnc[nH]1)C(=O)O)[C@@H](C)O. The lowest BCUT2D eigenvalue weighted by Gasteiger charge is -2.30. The molecule has 236 valence electrons. The molecule has 16 heteroatoms. The monoisotopic (exact) mass is 596 g/mol. The number of aromatic amines is 1. The summed E-state index contributed by atoms with van der Waals surface area (Å²) >= 11 is 0. The van der Waals surface area contributed by atoms with Gasteiger partial charge in [0.15, 0.2) is 0 Å². The van der Waals surface area contributed by atoms with E-state index in [1.807, 2.05) is 0 Å². The van der Waals surface area contributed by atoms with Crippen molar-refractivity contribution >= 4 is 35.5 Å². The fraction of sp³-hybridized carbons (Fsp3) is 0.654. The summed E-state index contributed by atoms with van der Waals surface area (Å²) in [5.41, 5.74) is 5.71. The fourth-order valence-corrected chi connectivity index (χ4v) is 3.85. The molecule has 0 unspecified atom stereocenters. The van der Waals surface area contributed by atoms with Gasteiger partial charge in [-0.2, -0.15) is 0 Å². The van der Waals surface area contributed by atoms with Crippen LogP contribution in [-0.2, 0) is 35.2 Å². The number of rotatable bonds is 17. The number of nitrogens with one attached hydrogen (secondary N) is 6. The first-order valence-electron chi connectivity index (χ1n) is 13.7. The first kappa shape index (κ1) is 36.0. The fourth-order valence-electron chi connectivity index (χ4n) is 3.85. The number of amides is 5. The first-order valence-corrected chi connectivity index (χ1v) is 13.7. The number of nitrogens with zero attached hydrogens (tertiary/aromatic N) is 1. The van der Waals surface area contributed by atoms with E-state index in [9.17, 15) is 39.0 Å². The number of carbonyl (C=O) groups is 6. The van der Waals surface area contributed by atoms with Crippen molar-refractivity contribution < 1.29 is 39.0 Å². The van der Waals surface area contributed by atoms with E-state index < -0.39 is 83.7 Å². The molecule has 0 bridgehead atoms. The van der Waals surface area contributed by atoms with Crippen LogP contribution in [0.25, 0.3) is 0 Å². The number of imidazole rings is 1. The predicted octanol–water partition coefficient (Wildman–Crippen LogP) is -2.48. The van der Waals surface area contributed by atoms with Gasteiger partial charge in [0.1, 0.15) is 30.2 Å². The summed E-state index contributed by atoms with van der Waals surface area (Å²) in [6.45, 7) is 9.21. The van der Waals surface area contributed by atoms with Crippen LogP contribution < -0.4 is 32.3 Å². The summed E-state index contributed by atoms with van der Waals surface area (Å²) in [5, 5.41) is 32.2. The van der Waals surface area contributed by atoms with Crippen LogP contribution in [0.5, 0.6) is 0 Å². The topological polar surface area (TPSA) is 258 Å². The molecule has 0 radical (unpaired) electrons. The van der Waals surface area contributed by atoms with Gasteiger partial charge in [0.25, 0.3) is 0 Å². The van der Waals surface area contributed by atoms with Crippen molar-refractivity contribution in [1.82, 2.24) is 36.6 Å². The predicted molar refractivity (Wildman–Crippen MR) is 150 cm³/mol. The highest BCUT2D eigenvalue weighted by molar-refractivity contribution is 5.96. The van der Waals surface area contributed by atoms with Gasteiger partial charge in [-0.1, -0.05) is 34.1 Å². The number of nitrogens with two attached hydrogens (primary N) is 1. The zero-order valence-corrected chi connectivity index (χ0v) is 24.8. The van der Waals surface area contributed by atoms with Crippen LogP contribution in [0, 0.1) is 11.8 Å². The highest BCUT2D eigenvalue weighted by Crippen LogP contribution is 2.12. The van der Waals surface area contributed by atoms with Crippen LogP contribution in [0.4, 0.5) is 0 Å². The maximum atomic E-state index is 13.4. The number of H-pyrrole nitrogens is 1. The van der Waals surface area contributed by atoms with E-state index in [4.69, 9.17) is 5.73 Å². The van der Waals surface area contributed by atoms with Crippen molar-refractivity contribution in [3.05, 3.63) is 18.2 Å². The molecular weight excluding hydrogens is 552 g/mol. The van der Waals surface area contributed by atoms with Crippen molar-refractivity contribution in [2.45, 2.75) is 90.7 Å². The normalized spacial score (nSPS) is 16.1. The lowest BCUT2D eigenvalue weighted by molar-refractivity contribution is -0.143. The third-order valence-electron chi connectivity index (χ3n) is 6.65. The minimum atomic E-state index is -1.54. The van der Waals surface area contributed by atoms with Crippen molar-refractivity contribution in [3.8, 4) is 0 Å². The molecule has 5 amide bonds. The van der Waals surface area contributed by atoms with Crippen LogP contribution >= 0.6 is 0 Å². The molecule has 0 aromatic carbocycles. The summed E-state index contributed by atoms with van der Waals surface area (Å²) in [4.78, 5) is 82.0. The number of hydrogen-bond donors (Lipinski definition) is 9. The molecular formula is C26H44N8O8. The van der Waals surface area contributed by atoms with E-state index in [1.165, 1.54) is 26.4 Å². The Hall–Kier alpha value is -4.05. The number of aliphatic carboxylic acids is 1. The van der Waals surface area contributed by atoms with Crippen LogP contribution in [-0.4, -0.2) is 98.5 Å². The molecule has 1 aromatic rings. The maximum Gasteiger partial charge on any atom is 0.326 e. The van der Waals surface area contributed by atoms with Gasteiger partial charge in [-0.25, -0.2) is 9.78 Å². The van der Waals surface area contributed by atoms with Gasteiger partial charge in [0.2, 0.25) is 29.5 Å². The van der Waals surface area contributed by atoms with Crippen LogP contribution in [0.3, 0.4) is 0 Å². The minimum Gasteiger partial charge on any atom is -0.480 e. The second-order valence-corrected chi connectivity index (χ2v) is 10.5. The Morgan fingerprint density at radius 2 is 1.40 bits per heavy atom. The number of aliphatic hydroxyl groups excluding tert-OH is 1. The summed E-state index contributed by atoms with van der Waals surface area (Å²) < 4.78 is 0. The summed E-state index contributed by atoms with van der Waals surface area (Å²) in [6.07, 6.45) is 1.66. The molecule has 0 saturated carbocycles. The first-order chi connectivity index (χ1) is 19.6. The minimum absolute atomic E-state index is 0.121. The van der Waals surface area contributed by atoms with Gasteiger partial charge in [-0.15, -0.1) is 0 Å². The summed E-state index contributed by atoms with van der Waals surface area (Å²) in [7, 11) is 0. The lowest BCUT2D eigenvalue weighted by Crippen LogP contribution is -2.62. The smallest absolute Gasteiger partial charge is 0.326 e. The van der Waals surface area contributed by atoms with Gasteiger partial charge in [0.05, 0.1) is 19.0 Å². The van der Waals surface area contributed by atoms with E-state index >= 15 is 0 Å². The average Bonchev–Trinajstić information content (AvgIpc) is 3.44. The second kappa shape index (κ2) is 17.0. The van der Waals surface area contributed by atoms with Gasteiger partial charge >= 0.3 is 5.97 Å². The molecule has 1 rings (SSSR count). The van der Waals surface area contributed by atoms with Crippen LogP contribution in [0.2, 0.25) is 0 Å². The van der Waals surface area contributed by atoms with Crippen LogP contribution in [0.1, 0.15) is 53.7 Å². The van der Waals surface area contributed by atoms with E-state index in [2.05, 4.69) is 36.6 Å². The van der Waals surface area contributed by atoms with E-state index in [0.29, 0.717) is 12.1 Å². The van der Waals surface area contributed by atoms with E-state index in [-0.39, 0.29) is 13.0 Å². The third-order valence-corrected chi connectivity index (χ3v) is 6.65. The Morgan fingerprint density at radius 3 is 1.88 bits per heavy atom. The Morgan fingerprint density at radius 1 is 0.857 bits per heavy atom. The van der Waals surface area contributed by atoms with Crippen molar-refractivity contribution in [2.75, 3.05) is 6.54 Å². The highest BCUT2D eigenvalue weighted by atomic mass is 16.4. The van der Waals surface area contributed by atoms with Gasteiger partial charge in [0, 0.05) is 18.3 Å². The molecule has 0 aliphatic rings. The lowest BCUT2D eigenvalue weighted by atomic mass is 9.95. The Kier molecular flexibility index (Phi) is 14.6. The number of aliphatic hydroxyl groups is 1. The van der Waals surface area contributed by atoms with Crippen LogP contribution in [0.15, 0.2) is 12.5 Å². The zero-order chi connectivity index (χ0) is 32.1. The number of hydrogen-bond acceptors (Lipinski definition) is 9. The molecule has 0 spiro atoms. The van der Waals surface area contributed by atoms with Crippen molar-refractivity contribution in [3.63, 3.8) is 0 Å². The Labute approximate surface area is 244 Å². The number of carboxylic acid groups (broad SMARTS) is 1. The zero-order valence-electron chi connectivity index (χ0n) is 24.8. The van der Waals surface area contributed by atoms with Crippen molar-refractivity contribution in [1.29, 1.82) is 0 Å². The molecule has 16 nitrogen and oxygen atoms in total. The average molecular weight is 597 g/mol. The van der Waals surface area contributed by atoms with Gasteiger partial charge < -0.3 is 47.5 Å². The van der Waals surface area contributed by atoms with E-state index in [1.54, 1.807) is 27.7 Å². The quantitative estimate of drug-likeness (QED) is 0.0915. The van der Waals surface area contributed by atoms with E-state index in [0.717, 1.165) is 0 Å².